The summed E-state index contributed by atoms with van der Waals surface area (Å²) in [6.07, 6.45) is 0.408. The first-order valence-electron chi connectivity index (χ1n) is 4.53. The summed E-state index contributed by atoms with van der Waals surface area (Å²) < 4.78 is 4.71. The molecule has 1 N–H and O–H groups in total. The molecule has 5 nitrogen and oxygen atoms in total. The molecule has 0 unspecified atom stereocenters. The number of esters is 1. The second kappa shape index (κ2) is 4.94. The van der Waals surface area contributed by atoms with Crippen LogP contribution in [-0.2, 0) is 4.74 Å². The van der Waals surface area contributed by atoms with Gasteiger partial charge in [-0.05, 0) is 19.1 Å². The summed E-state index contributed by atoms with van der Waals surface area (Å²) in [5.41, 5.74) is -0.0876. The van der Waals surface area contributed by atoms with Gasteiger partial charge < -0.3 is 9.84 Å². The topological polar surface area (TPSA) is 87.4 Å². The Kier molecular flexibility index (Phi) is 3.62. The predicted octanol–water partition coefficient (Wildman–Crippen LogP) is 1.25. The number of aldehydes is 1. The first-order valence-corrected chi connectivity index (χ1v) is 4.53. The van der Waals surface area contributed by atoms with Gasteiger partial charge in [0, 0.05) is 0 Å². The van der Waals surface area contributed by atoms with E-state index in [1.165, 1.54) is 0 Å². The first kappa shape index (κ1) is 11.7. The van der Waals surface area contributed by atoms with E-state index in [-0.39, 0.29) is 29.0 Å². The zero-order valence-corrected chi connectivity index (χ0v) is 8.56. The van der Waals surface area contributed by atoms with Crippen LogP contribution in [0.1, 0.15) is 33.2 Å². The minimum absolute atomic E-state index is 0.00153. The third kappa shape index (κ3) is 2.17. The Morgan fingerprint density at radius 2 is 2.31 bits per heavy atom. The van der Waals surface area contributed by atoms with Crippen LogP contribution >= 0.6 is 0 Å². The van der Waals surface area contributed by atoms with Crippen LogP contribution in [0, 0.1) is 11.3 Å². The van der Waals surface area contributed by atoms with E-state index < -0.39 is 5.97 Å². The van der Waals surface area contributed by atoms with Crippen LogP contribution in [0.15, 0.2) is 12.1 Å². The normalized spacial score (nSPS) is 9.25. The van der Waals surface area contributed by atoms with Gasteiger partial charge >= 0.3 is 5.97 Å². The van der Waals surface area contributed by atoms with Gasteiger partial charge in [0.2, 0.25) is 0 Å². The lowest BCUT2D eigenvalue weighted by Crippen LogP contribution is -2.07. The van der Waals surface area contributed by atoms with Crippen molar-refractivity contribution < 1.29 is 19.4 Å². The van der Waals surface area contributed by atoms with E-state index >= 15 is 0 Å². The van der Waals surface area contributed by atoms with Crippen LogP contribution in [0.4, 0.5) is 0 Å². The Balaban J connectivity index is 3.30. The second-order valence-electron chi connectivity index (χ2n) is 2.91. The molecule has 0 fully saturated rings. The molecule has 0 atom stereocenters. The van der Waals surface area contributed by atoms with Gasteiger partial charge in [-0.25, -0.2) is 4.79 Å². The van der Waals surface area contributed by atoms with Crippen molar-refractivity contribution in [2.24, 2.45) is 0 Å². The van der Waals surface area contributed by atoms with Gasteiger partial charge in [0.15, 0.2) is 6.29 Å². The van der Waals surface area contributed by atoms with Gasteiger partial charge in [-0.1, -0.05) is 0 Å². The van der Waals surface area contributed by atoms with Gasteiger partial charge in [0.05, 0.1) is 23.3 Å². The minimum Gasteiger partial charge on any atom is -0.507 e. The molecule has 16 heavy (non-hydrogen) atoms. The SMILES string of the molecule is CCOC(=O)c1cc(O)c(C=O)cc1C#N. The highest BCUT2D eigenvalue weighted by Crippen LogP contribution is 2.21. The maximum absolute atomic E-state index is 11.4. The molecule has 0 heterocycles. The largest absolute Gasteiger partial charge is 0.507 e. The third-order valence-electron chi connectivity index (χ3n) is 1.91. The lowest BCUT2D eigenvalue weighted by molar-refractivity contribution is 0.0525. The average Bonchev–Trinajstić information content (AvgIpc) is 2.29. The number of carbonyl (C=O) groups excluding carboxylic acids is 2. The molecule has 0 aliphatic carbocycles. The zero-order chi connectivity index (χ0) is 12.1. The number of nitrogens with zero attached hydrogens (tertiary/aromatic N) is 1. The fourth-order valence-corrected chi connectivity index (χ4v) is 1.17. The van der Waals surface area contributed by atoms with Crippen LogP contribution < -0.4 is 0 Å². The molecule has 0 amide bonds. The van der Waals surface area contributed by atoms with Crippen molar-refractivity contribution in [3.05, 3.63) is 28.8 Å². The van der Waals surface area contributed by atoms with Gasteiger partial charge in [0.25, 0.3) is 0 Å². The molecule has 82 valence electrons. The first-order chi connectivity index (χ1) is 7.63. The molecule has 1 aromatic carbocycles. The van der Waals surface area contributed by atoms with Gasteiger partial charge in [0.1, 0.15) is 11.8 Å². The summed E-state index contributed by atoms with van der Waals surface area (Å²) in [5.74, 6) is -1.05. The smallest absolute Gasteiger partial charge is 0.339 e. The lowest BCUT2D eigenvalue weighted by atomic mass is 10.0. The lowest BCUT2D eigenvalue weighted by Gasteiger charge is -2.05. The number of ether oxygens (including phenoxy) is 1. The summed E-state index contributed by atoms with van der Waals surface area (Å²) in [6.45, 7) is 1.80. The zero-order valence-electron chi connectivity index (χ0n) is 8.56. The molecule has 0 bridgehead atoms. The molecular weight excluding hydrogens is 210 g/mol. The molecule has 0 radical (unpaired) electrons. The maximum Gasteiger partial charge on any atom is 0.339 e. The Morgan fingerprint density at radius 3 is 2.81 bits per heavy atom. The van der Waals surface area contributed by atoms with Gasteiger partial charge in [-0.3, -0.25) is 4.79 Å². The summed E-state index contributed by atoms with van der Waals surface area (Å²) in [5, 5.41) is 18.2. The van der Waals surface area contributed by atoms with Gasteiger partial charge in [-0.2, -0.15) is 5.26 Å². The van der Waals surface area contributed by atoms with Crippen molar-refractivity contribution in [3.63, 3.8) is 0 Å². The molecular formula is C11H9NO4. The van der Waals surface area contributed by atoms with E-state index in [1.54, 1.807) is 13.0 Å². The molecule has 1 rings (SSSR count). The van der Waals surface area contributed by atoms with Crippen molar-refractivity contribution in [2.45, 2.75) is 6.92 Å². The Morgan fingerprint density at radius 1 is 1.62 bits per heavy atom. The number of phenols is 1. The van der Waals surface area contributed by atoms with Crippen molar-refractivity contribution in [2.75, 3.05) is 6.61 Å². The predicted molar refractivity (Wildman–Crippen MR) is 54.2 cm³/mol. The number of aromatic hydroxyl groups is 1. The molecule has 0 aliphatic heterocycles. The molecule has 0 saturated carbocycles. The number of nitriles is 1. The number of hydrogen-bond acceptors (Lipinski definition) is 5. The van der Waals surface area contributed by atoms with E-state index in [0.29, 0.717) is 6.29 Å². The fraction of sp³-hybridized carbons (Fsp3) is 0.182. The van der Waals surface area contributed by atoms with Gasteiger partial charge in [-0.15, -0.1) is 0 Å². The summed E-state index contributed by atoms with van der Waals surface area (Å²) in [6, 6.07) is 3.97. The van der Waals surface area contributed by atoms with Crippen LogP contribution in [0.25, 0.3) is 0 Å². The minimum atomic E-state index is -0.702. The Hall–Kier alpha value is -2.35. The van der Waals surface area contributed by atoms with E-state index in [2.05, 4.69) is 0 Å². The van der Waals surface area contributed by atoms with Crippen molar-refractivity contribution in [1.82, 2.24) is 0 Å². The van der Waals surface area contributed by atoms with Crippen LogP contribution in [0.2, 0.25) is 0 Å². The van der Waals surface area contributed by atoms with Crippen LogP contribution in [-0.4, -0.2) is 24.0 Å². The number of benzene rings is 1. The second-order valence-corrected chi connectivity index (χ2v) is 2.91. The molecule has 5 heteroatoms. The van der Waals surface area contributed by atoms with E-state index in [0.717, 1.165) is 12.1 Å². The van der Waals surface area contributed by atoms with Crippen LogP contribution in [0.3, 0.4) is 0 Å². The fourth-order valence-electron chi connectivity index (χ4n) is 1.17. The highest BCUT2D eigenvalue weighted by atomic mass is 16.5. The molecule has 0 saturated heterocycles. The van der Waals surface area contributed by atoms with Crippen molar-refractivity contribution in [3.8, 4) is 11.8 Å². The number of phenolic OH excluding ortho intramolecular Hbond substituents is 1. The Labute approximate surface area is 91.9 Å². The van der Waals surface area contributed by atoms with Crippen molar-refractivity contribution in [1.29, 1.82) is 5.26 Å². The molecule has 0 aromatic heterocycles. The molecule has 1 aromatic rings. The molecule has 0 spiro atoms. The Bertz CT molecular complexity index is 474. The standard InChI is InChI=1S/C11H9NO4/c1-2-16-11(15)9-4-10(14)8(6-13)3-7(9)5-12/h3-4,6,14H,2H2,1H3. The van der Waals surface area contributed by atoms with E-state index in [1.807, 2.05) is 0 Å². The molecule has 0 aliphatic rings. The van der Waals surface area contributed by atoms with E-state index in [4.69, 9.17) is 10.00 Å². The number of hydrogen-bond donors (Lipinski definition) is 1. The third-order valence-corrected chi connectivity index (χ3v) is 1.91. The monoisotopic (exact) mass is 219 g/mol. The summed E-state index contributed by atoms with van der Waals surface area (Å²) in [7, 11) is 0. The highest BCUT2D eigenvalue weighted by molar-refractivity contribution is 5.94. The average molecular weight is 219 g/mol. The maximum atomic E-state index is 11.4. The van der Waals surface area contributed by atoms with E-state index in [9.17, 15) is 14.7 Å². The van der Waals surface area contributed by atoms with Crippen molar-refractivity contribution >= 4 is 12.3 Å². The van der Waals surface area contributed by atoms with Crippen LogP contribution in [0.5, 0.6) is 5.75 Å². The number of rotatable bonds is 3. The quantitative estimate of drug-likeness (QED) is 0.610. The highest BCUT2D eigenvalue weighted by Gasteiger charge is 2.16. The summed E-state index contributed by atoms with van der Waals surface area (Å²) in [4.78, 5) is 21.9. The number of carbonyl (C=O) groups is 2. The summed E-state index contributed by atoms with van der Waals surface area (Å²) >= 11 is 0.